The van der Waals surface area contributed by atoms with Crippen LogP contribution in [0.15, 0.2) is 12.3 Å². The number of carbonyl (C=O) groups excluding carboxylic acids is 1. The predicted molar refractivity (Wildman–Crippen MR) is 60.5 cm³/mol. The zero-order valence-corrected chi connectivity index (χ0v) is 9.16. The Hall–Kier alpha value is -1.78. The van der Waals surface area contributed by atoms with Gasteiger partial charge in [-0.25, -0.2) is 4.98 Å². The van der Waals surface area contributed by atoms with Crippen molar-refractivity contribution in [3.8, 4) is 0 Å². The number of likely N-dealkylation sites (N-methyl/N-ethyl adjacent to an activating group) is 1. The van der Waals surface area contributed by atoms with Crippen LogP contribution in [-0.2, 0) is 4.79 Å². The first-order valence-corrected chi connectivity index (χ1v) is 4.75. The molecule has 0 radical (unpaired) electrons. The number of nitrogens with one attached hydrogen (secondary N) is 2. The lowest BCUT2D eigenvalue weighted by Gasteiger charge is -2.14. The second kappa shape index (κ2) is 4.63. The summed E-state index contributed by atoms with van der Waals surface area (Å²) in [5.41, 5.74) is 7.11. The van der Waals surface area contributed by atoms with Crippen molar-refractivity contribution < 1.29 is 4.79 Å². The highest BCUT2D eigenvalue weighted by Crippen LogP contribution is 2.14. The summed E-state index contributed by atoms with van der Waals surface area (Å²) < 4.78 is 0. The predicted octanol–water partition coefficient (Wildman–Crippen LogP) is 0.519. The van der Waals surface area contributed by atoms with Gasteiger partial charge in [0.1, 0.15) is 11.9 Å². The van der Waals surface area contributed by atoms with Crippen molar-refractivity contribution in [2.75, 3.05) is 18.1 Å². The first-order chi connectivity index (χ1) is 7.04. The molecular formula is C10H16N4O. The third-order valence-electron chi connectivity index (χ3n) is 2.09. The minimum Gasteiger partial charge on any atom is -0.397 e. The van der Waals surface area contributed by atoms with Gasteiger partial charge >= 0.3 is 0 Å². The Kier molecular flexibility index (Phi) is 3.49. The van der Waals surface area contributed by atoms with Crippen molar-refractivity contribution in [1.82, 2.24) is 10.3 Å². The molecule has 1 atom stereocenters. The van der Waals surface area contributed by atoms with Gasteiger partial charge in [-0.15, -0.1) is 0 Å². The molecule has 0 aromatic carbocycles. The highest BCUT2D eigenvalue weighted by molar-refractivity contribution is 5.83. The molecule has 0 saturated carbocycles. The Morgan fingerprint density at radius 2 is 2.27 bits per heavy atom. The molecule has 1 aromatic rings. The summed E-state index contributed by atoms with van der Waals surface area (Å²) in [7, 11) is 1.60. The van der Waals surface area contributed by atoms with Gasteiger partial charge in [0.25, 0.3) is 0 Å². The quantitative estimate of drug-likeness (QED) is 0.676. The Balaban J connectivity index is 2.76. The van der Waals surface area contributed by atoms with Gasteiger partial charge in [0.15, 0.2) is 0 Å². The van der Waals surface area contributed by atoms with Gasteiger partial charge < -0.3 is 16.4 Å². The number of nitrogen functional groups attached to an aromatic ring is 1. The van der Waals surface area contributed by atoms with Crippen LogP contribution >= 0.6 is 0 Å². The highest BCUT2D eigenvalue weighted by Gasteiger charge is 2.11. The maximum atomic E-state index is 11.3. The first-order valence-electron chi connectivity index (χ1n) is 4.75. The standard InChI is InChI=1S/C10H16N4O/c1-6-4-8(11)5-13-9(6)14-7(2)10(15)12-3/h4-5,7H,11H2,1-3H3,(H,12,15)(H,13,14). The van der Waals surface area contributed by atoms with Crippen molar-refractivity contribution >= 4 is 17.4 Å². The van der Waals surface area contributed by atoms with E-state index in [0.717, 1.165) is 5.56 Å². The van der Waals surface area contributed by atoms with Crippen LogP contribution in [0.2, 0.25) is 0 Å². The minimum atomic E-state index is -0.315. The topological polar surface area (TPSA) is 80.0 Å². The lowest BCUT2D eigenvalue weighted by molar-refractivity contribution is -0.121. The molecule has 1 rings (SSSR count). The first kappa shape index (κ1) is 11.3. The van der Waals surface area contributed by atoms with Crippen molar-refractivity contribution in [1.29, 1.82) is 0 Å². The third-order valence-corrected chi connectivity index (χ3v) is 2.09. The molecule has 1 amide bonds. The number of aromatic nitrogens is 1. The molecule has 82 valence electrons. The summed E-state index contributed by atoms with van der Waals surface area (Å²) in [5.74, 6) is 0.605. The molecule has 5 heteroatoms. The van der Waals surface area contributed by atoms with Crippen molar-refractivity contribution in [3.63, 3.8) is 0 Å². The van der Waals surface area contributed by atoms with E-state index in [4.69, 9.17) is 5.73 Å². The van der Waals surface area contributed by atoms with E-state index >= 15 is 0 Å². The van der Waals surface area contributed by atoms with Gasteiger partial charge in [-0.05, 0) is 25.5 Å². The lowest BCUT2D eigenvalue weighted by atomic mass is 10.2. The van der Waals surface area contributed by atoms with Crippen LogP contribution in [0.25, 0.3) is 0 Å². The largest absolute Gasteiger partial charge is 0.397 e. The van der Waals surface area contributed by atoms with E-state index < -0.39 is 0 Å². The summed E-state index contributed by atoms with van der Waals surface area (Å²) in [6.07, 6.45) is 1.56. The van der Waals surface area contributed by atoms with E-state index in [1.54, 1.807) is 20.2 Å². The van der Waals surface area contributed by atoms with E-state index in [1.807, 2.05) is 13.0 Å². The van der Waals surface area contributed by atoms with Crippen molar-refractivity contribution in [2.45, 2.75) is 19.9 Å². The molecule has 1 heterocycles. The molecule has 1 aromatic heterocycles. The van der Waals surface area contributed by atoms with Crippen LogP contribution in [0.5, 0.6) is 0 Å². The smallest absolute Gasteiger partial charge is 0.241 e. The number of anilines is 2. The zero-order valence-electron chi connectivity index (χ0n) is 9.16. The maximum absolute atomic E-state index is 11.3. The van der Waals surface area contributed by atoms with E-state index in [2.05, 4.69) is 15.6 Å². The molecule has 1 unspecified atom stereocenters. The van der Waals surface area contributed by atoms with Gasteiger partial charge in [0, 0.05) is 7.05 Å². The molecule has 15 heavy (non-hydrogen) atoms. The number of amides is 1. The fourth-order valence-electron chi connectivity index (χ4n) is 1.23. The molecule has 0 aliphatic carbocycles. The van der Waals surface area contributed by atoms with Crippen molar-refractivity contribution in [3.05, 3.63) is 17.8 Å². The average molecular weight is 208 g/mol. The highest BCUT2D eigenvalue weighted by atomic mass is 16.2. The molecular weight excluding hydrogens is 192 g/mol. The summed E-state index contributed by atoms with van der Waals surface area (Å²) in [6.45, 7) is 3.67. The van der Waals surface area contributed by atoms with Crippen LogP contribution in [0.4, 0.5) is 11.5 Å². The number of aryl methyl sites for hydroxylation is 1. The molecule has 0 aliphatic rings. The lowest BCUT2D eigenvalue weighted by Crippen LogP contribution is -2.35. The molecule has 0 bridgehead atoms. The van der Waals surface area contributed by atoms with E-state index in [1.165, 1.54) is 0 Å². The maximum Gasteiger partial charge on any atom is 0.241 e. The van der Waals surface area contributed by atoms with Gasteiger partial charge in [-0.1, -0.05) is 0 Å². The van der Waals surface area contributed by atoms with Gasteiger partial charge in [-0.2, -0.15) is 0 Å². The number of rotatable bonds is 3. The minimum absolute atomic E-state index is 0.0759. The van der Waals surface area contributed by atoms with Crippen LogP contribution in [0, 0.1) is 6.92 Å². The second-order valence-corrected chi connectivity index (χ2v) is 3.41. The molecule has 5 nitrogen and oxygen atoms in total. The fourth-order valence-corrected chi connectivity index (χ4v) is 1.23. The summed E-state index contributed by atoms with van der Waals surface area (Å²) in [5, 5.41) is 5.57. The van der Waals surface area contributed by atoms with Crippen LogP contribution in [0.3, 0.4) is 0 Å². The summed E-state index contributed by atoms with van der Waals surface area (Å²) in [6, 6.07) is 1.50. The van der Waals surface area contributed by atoms with Gasteiger partial charge in [-0.3, -0.25) is 4.79 Å². The van der Waals surface area contributed by atoms with Gasteiger partial charge in [0.2, 0.25) is 5.91 Å². The molecule has 0 fully saturated rings. The SMILES string of the molecule is CNC(=O)C(C)Nc1ncc(N)cc1C. The second-order valence-electron chi connectivity index (χ2n) is 3.41. The Morgan fingerprint density at radius 3 is 2.80 bits per heavy atom. The molecule has 0 saturated heterocycles. The molecule has 0 aliphatic heterocycles. The summed E-state index contributed by atoms with van der Waals surface area (Å²) in [4.78, 5) is 15.4. The van der Waals surface area contributed by atoms with Crippen molar-refractivity contribution in [2.24, 2.45) is 0 Å². The third kappa shape index (κ3) is 2.83. The average Bonchev–Trinajstić information content (AvgIpc) is 2.20. The fraction of sp³-hybridized carbons (Fsp3) is 0.400. The van der Waals surface area contributed by atoms with Crippen LogP contribution < -0.4 is 16.4 Å². The summed E-state index contributed by atoms with van der Waals surface area (Å²) >= 11 is 0. The monoisotopic (exact) mass is 208 g/mol. The van der Waals surface area contributed by atoms with Crippen LogP contribution in [0.1, 0.15) is 12.5 Å². The number of hydrogen-bond acceptors (Lipinski definition) is 4. The zero-order chi connectivity index (χ0) is 11.4. The Morgan fingerprint density at radius 1 is 1.60 bits per heavy atom. The number of nitrogens with two attached hydrogens (primary N) is 1. The number of hydrogen-bond donors (Lipinski definition) is 3. The van der Waals surface area contributed by atoms with E-state index in [0.29, 0.717) is 11.5 Å². The van der Waals surface area contributed by atoms with Gasteiger partial charge in [0.05, 0.1) is 11.9 Å². The Labute approximate surface area is 89.1 Å². The van der Waals surface area contributed by atoms with E-state index in [-0.39, 0.29) is 11.9 Å². The number of carbonyl (C=O) groups is 1. The molecule has 0 spiro atoms. The van der Waals surface area contributed by atoms with Crippen LogP contribution in [-0.4, -0.2) is 24.0 Å². The number of pyridine rings is 1. The Bertz CT molecular complexity index is 364. The normalized spacial score (nSPS) is 11.9. The molecule has 4 N–H and O–H groups in total. The van der Waals surface area contributed by atoms with E-state index in [9.17, 15) is 4.79 Å². The number of nitrogens with zero attached hydrogens (tertiary/aromatic N) is 1.